The summed E-state index contributed by atoms with van der Waals surface area (Å²) in [5, 5.41) is 2.40. The fraction of sp³-hybridized carbons (Fsp3) is 0.208. The topological polar surface area (TPSA) is 20.3 Å². The number of carbonyl (C=O) groups excluding carboxylic acids is 1. The van der Waals surface area contributed by atoms with Gasteiger partial charge in [0.1, 0.15) is 5.82 Å². The van der Waals surface area contributed by atoms with Gasteiger partial charge in [-0.25, -0.2) is 4.39 Å². The molecule has 1 heterocycles. The molecule has 0 spiro atoms. The van der Waals surface area contributed by atoms with Crippen LogP contribution in [-0.2, 0) is 4.79 Å². The van der Waals surface area contributed by atoms with Crippen LogP contribution < -0.4 is 4.90 Å². The Kier molecular flexibility index (Phi) is 3.64. The van der Waals surface area contributed by atoms with Crippen LogP contribution in [0.5, 0.6) is 0 Å². The van der Waals surface area contributed by atoms with Crippen LogP contribution in [0.3, 0.4) is 0 Å². The van der Waals surface area contributed by atoms with Crippen molar-refractivity contribution in [3.8, 4) is 0 Å². The lowest BCUT2D eigenvalue weighted by Crippen LogP contribution is -2.42. The zero-order valence-corrected chi connectivity index (χ0v) is 15.1. The van der Waals surface area contributed by atoms with E-state index in [1.165, 1.54) is 28.5 Å². The molecule has 0 saturated heterocycles. The number of fused-ring (bicyclic) bond motifs is 5. The minimum absolute atomic E-state index is 0.0196. The number of hydrogen-bond acceptors (Lipinski definition) is 1. The second kappa shape index (κ2) is 6.05. The number of carbonyl (C=O) groups is 1. The van der Waals surface area contributed by atoms with Gasteiger partial charge in [-0.3, -0.25) is 4.79 Å². The predicted molar refractivity (Wildman–Crippen MR) is 106 cm³/mol. The predicted octanol–water partition coefficient (Wildman–Crippen LogP) is 5.75. The number of allylic oxidation sites excluding steroid dienone is 2. The standard InChI is InChI=1S/C24H20FNO/c1-15(27)26-22-14-11-16-5-2-3-6-19(16)23(22)20-7-4-8-21(20)24(26)17-9-12-18(25)13-10-17/h2-7,9-14,20-21,24H,8H2,1H3/t20-,21-,24-/m0/s1. The minimum Gasteiger partial charge on any atom is -0.305 e. The quantitative estimate of drug-likeness (QED) is 0.508. The van der Waals surface area contributed by atoms with Gasteiger partial charge in [0.2, 0.25) is 5.91 Å². The Labute approximate surface area is 157 Å². The first-order valence-electron chi connectivity index (χ1n) is 9.39. The van der Waals surface area contributed by atoms with Crippen LogP contribution in [0.1, 0.15) is 36.4 Å². The van der Waals surface area contributed by atoms with Crippen molar-refractivity contribution < 1.29 is 9.18 Å². The Balaban J connectivity index is 1.78. The molecule has 2 nitrogen and oxygen atoms in total. The molecule has 1 aliphatic carbocycles. The molecule has 1 amide bonds. The monoisotopic (exact) mass is 357 g/mol. The van der Waals surface area contributed by atoms with Crippen molar-refractivity contribution in [2.45, 2.75) is 25.3 Å². The molecule has 3 heteroatoms. The van der Waals surface area contributed by atoms with E-state index >= 15 is 0 Å². The number of amides is 1. The summed E-state index contributed by atoms with van der Waals surface area (Å²) in [7, 11) is 0. The molecule has 5 rings (SSSR count). The SMILES string of the molecule is CC(=O)N1c2ccc3ccccc3c2[C@H]2C=CC[C@@H]2[C@@H]1c1ccc(F)cc1. The van der Waals surface area contributed by atoms with Gasteiger partial charge in [-0.05, 0) is 52.4 Å². The van der Waals surface area contributed by atoms with Gasteiger partial charge in [0.25, 0.3) is 0 Å². The summed E-state index contributed by atoms with van der Waals surface area (Å²) in [5.74, 6) is 0.289. The third-order valence-electron chi connectivity index (χ3n) is 5.99. The summed E-state index contributed by atoms with van der Waals surface area (Å²) in [5.41, 5.74) is 3.20. The summed E-state index contributed by atoms with van der Waals surface area (Å²) >= 11 is 0. The van der Waals surface area contributed by atoms with Crippen molar-refractivity contribution in [2.75, 3.05) is 4.90 Å². The zero-order chi connectivity index (χ0) is 18.5. The number of rotatable bonds is 1. The Morgan fingerprint density at radius 1 is 1.04 bits per heavy atom. The van der Waals surface area contributed by atoms with Crippen LogP contribution >= 0.6 is 0 Å². The molecule has 134 valence electrons. The third kappa shape index (κ3) is 2.42. The highest BCUT2D eigenvalue weighted by Crippen LogP contribution is 2.54. The van der Waals surface area contributed by atoms with Crippen molar-refractivity contribution >= 4 is 22.4 Å². The smallest absolute Gasteiger partial charge is 0.224 e. The summed E-state index contributed by atoms with van der Waals surface area (Å²) < 4.78 is 13.5. The molecule has 0 radical (unpaired) electrons. The maximum absolute atomic E-state index is 13.5. The fourth-order valence-electron chi connectivity index (χ4n) is 4.91. The highest BCUT2D eigenvalue weighted by atomic mass is 19.1. The van der Waals surface area contributed by atoms with E-state index in [1.54, 1.807) is 6.92 Å². The maximum Gasteiger partial charge on any atom is 0.224 e. The van der Waals surface area contributed by atoms with E-state index in [2.05, 4.69) is 42.5 Å². The van der Waals surface area contributed by atoms with E-state index in [4.69, 9.17) is 0 Å². The molecule has 3 aromatic rings. The van der Waals surface area contributed by atoms with Gasteiger partial charge >= 0.3 is 0 Å². The van der Waals surface area contributed by atoms with Crippen molar-refractivity contribution in [1.82, 2.24) is 0 Å². The summed E-state index contributed by atoms with van der Waals surface area (Å²) in [6.45, 7) is 1.62. The lowest BCUT2D eigenvalue weighted by Gasteiger charge is -2.44. The lowest BCUT2D eigenvalue weighted by molar-refractivity contribution is -0.117. The fourth-order valence-corrected chi connectivity index (χ4v) is 4.91. The van der Waals surface area contributed by atoms with E-state index in [9.17, 15) is 9.18 Å². The highest BCUT2D eigenvalue weighted by molar-refractivity contribution is 6.00. The van der Waals surface area contributed by atoms with Crippen LogP contribution in [0.25, 0.3) is 10.8 Å². The van der Waals surface area contributed by atoms with Gasteiger partial charge in [0.05, 0.1) is 6.04 Å². The molecular formula is C24H20FNO. The zero-order valence-electron chi connectivity index (χ0n) is 15.1. The molecule has 1 aliphatic heterocycles. The average molecular weight is 357 g/mol. The van der Waals surface area contributed by atoms with Gasteiger partial charge in [-0.15, -0.1) is 0 Å². The number of nitrogens with zero attached hydrogens (tertiary/aromatic N) is 1. The Bertz CT molecular complexity index is 1070. The van der Waals surface area contributed by atoms with Crippen LogP contribution in [0.2, 0.25) is 0 Å². The molecule has 3 aromatic carbocycles. The first-order valence-corrected chi connectivity index (χ1v) is 9.39. The molecule has 3 atom stereocenters. The molecular weight excluding hydrogens is 337 g/mol. The maximum atomic E-state index is 13.5. The number of benzene rings is 3. The second-order valence-corrected chi connectivity index (χ2v) is 7.46. The first-order chi connectivity index (χ1) is 13.1. The molecule has 2 aliphatic rings. The Hall–Kier alpha value is -2.94. The van der Waals surface area contributed by atoms with Crippen molar-refractivity contribution in [3.63, 3.8) is 0 Å². The largest absolute Gasteiger partial charge is 0.305 e. The summed E-state index contributed by atoms with van der Waals surface area (Å²) in [6.07, 6.45) is 5.42. The van der Waals surface area contributed by atoms with Crippen LogP contribution in [0.4, 0.5) is 10.1 Å². The third-order valence-corrected chi connectivity index (χ3v) is 5.99. The molecule has 0 saturated carbocycles. The summed E-state index contributed by atoms with van der Waals surface area (Å²) in [6, 6.07) is 19.0. The highest BCUT2D eigenvalue weighted by Gasteiger charge is 2.44. The minimum atomic E-state index is -0.253. The van der Waals surface area contributed by atoms with Gasteiger partial charge in [0.15, 0.2) is 0 Å². The van der Waals surface area contributed by atoms with E-state index < -0.39 is 0 Å². The molecule has 27 heavy (non-hydrogen) atoms. The van der Waals surface area contributed by atoms with Gasteiger partial charge in [-0.1, -0.05) is 54.6 Å². The number of hydrogen-bond donors (Lipinski definition) is 0. The normalized spacial score (nSPS) is 23.3. The molecule has 0 unspecified atom stereocenters. The molecule has 0 N–H and O–H groups in total. The van der Waals surface area contributed by atoms with Gasteiger partial charge in [-0.2, -0.15) is 0 Å². The summed E-state index contributed by atoms with van der Waals surface area (Å²) in [4.78, 5) is 14.7. The van der Waals surface area contributed by atoms with E-state index in [1.807, 2.05) is 23.1 Å². The van der Waals surface area contributed by atoms with Crippen LogP contribution in [-0.4, -0.2) is 5.91 Å². The van der Waals surface area contributed by atoms with Gasteiger partial charge in [0, 0.05) is 18.5 Å². The number of halogens is 1. The lowest BCUT2D eigenvalue weighted by atomic mass is 9.74. The van der Waals surface area contributed by atoms with Crippen LogP contribution in [0.15, 0.2) is 72.8 Å². The van der Waals surface area contributed by atoms with Crippen molar-refractivity contribution in [3.05, 3.63) is 89.8 Å². The molecule has 0 fully saturated rings. The molecule has 0 aromatic heterocycles. The Morgan fingerprint density at radius 3 is 2.59 bits per heavy atom. The first kappa shape index (κ1) is 16.2. The van der Waals surface area contributed by atoms with Gasteiger partial charge < -0.3 is 4.90 Å². The molecule has 0 bridgehead atoms. The Morgan fingerprint density at radius 2 is 1.81 bits per heavy atom. The average Bonchev–Trinajstić information content (AvgIpc) is 3.16. The second-order valence-electron chi connectivity index (χ2n) is 7.46. The van der Waals surface area contributed by atoms with E-state index in [0.29, 0.717) is 0 Å². The van der Waals surface area contributed by atoms with E-state index in [0.717, 1.165) is 17.7 Å². The van der Waals surface area contributed by atoms with Crippen molar-refractivity contribution in [2.24, 2.45) is 5.92 Å². The van der Waals surface area contributed by atoms with Crippen molar-refractivity contribution in [1.29, 1.82) is 0 Å². The van der Waals surface area contributed by atoms with E-state index in [-0.39, 0.29) is 29.6 Å². The van der Waals surface area contributed by atoms with Crippen LogP contribution in [0, 0.1) is 11.7 Å². The number of anilines is 1.